The number of alkyl halides is 3. The first kappa shape index (κ1) is 20.4. The van der Waals surface area contributed by atoms with E-state index in [2.05, 4.69) is 15.3 Å². The summed E-state index contributed by atoms with van der Waals surface area (Å²) >= 11 is 5.94. The fourth-order valence-corrected chi connectivity index (χ4v) is 3.79. The van der Waals surface area contributed by atoms with Crippen LogP contribution in [0.4, 0.5) is 24.7 Å². The van der Waals surface area contributed by atoms with Crippen LogP contribution in [0.1, 0.15) is 18.5 Å². The number of aromatic nitrogens is 2. The molecule has 1 atom stereocenters. The third-order valence-corrected chi connectivity index (χ3v) is 5.24. The molecule has 0 bridgehead atoms. The van der Waals surface area contributed by atoms with Crippen molar-refractivity contribution in [2.24, 2.45) is 5.92 Å². The molecule has 0 radical (unpaired) electrons. The maximum Gasteiger partial charge on any atom is 0.437 e. The minimum atomic E-state index is -4.65. The number of fused-ring (bicyclic) bond motifs is 1. The Hall–Kier alpha value is -2.87. The molecular weight excluding hydrogens is 417 g/mol. The summed E-state index contributed by atoms with van der Waals surface area (Å²) in [5.41, 5.74) is 0.0787. The Balaban J connectivity index is 1.61. The summed E-state index contributed by atoms with van der Waals surface area (Å²) in [6.07, 6.45) is -3.51. The first-order chi connectivity index (χ1) is 14.3. The number of halogens is 4. The number of anilines is 2. The van der Waals surface area contributed by atoms with E-state index in [1.807, 2.05) is 0 Å². The largest absolute Gasteiger partial charge is 0.437 e. The highest BCUT2D eigenvalue weighted by Gasteiger charge is 2.40. The van der Waals surface area contributed by atoms with Gasteiger partial charge in [-0.05, 0) is 43.2 Å². The van der Waals surface area contributed by atoms with Gasteiger partial charge in [-0.15, -0.1) is 0 Å². The van der Waals surface area contributed by atoms with Crippen molar-refractivity contribution in [2.75, 3.05) is 23.3 Å². The number of para-hydroxylation sites is 2. The second-order valence-corrected chi connectivity index (χ2v) is 7.60. The van der Waals surface area contributed by atoms with Crippen molar-refractivity contribution in [3.05, 3.63) is 59.2 Å². The van der Waals surface area contributed by atoms with Crippen molar-refractivity contribution in [1.29, 1.82) is 0 Å². The van der Waals surface area contributed by atoms with E-state index in [0.29, 0.717) is 35.6 Å². The Morgan fingerprint density at radius 1 is 1.10 bits per heavy atom. The highest BCUT2D eigenvalue weighted by molar-refractivity contribution is 6.30. The lowest BCUT2D eigenvalue weighted by Gasteiger charge is -2.34. The molecule has 0 saturated carbocycles. The fourth-order valence-electron chi connectivity index (χ4n) is 3.60. The smallest absolute Gasteiger partial charge is 0.354 e. The van der Waals surface area contributed by atoms with Crippen LogP contribution in [0.5, 0.6) is 0 Å². The number of piperidine rings is 1. The van der Waals surface area contributed by atoms with Gasteiger partial charge in [-0.2, -0.15) is 13.2 Å². The van der Waals surface area contributed by atoms with Gasteiger partial charge in [0.25, 0.3) is 0 Å². The third-order valence-electron chi connectivity index (χ3n) is 5.00. The Labute approximate surface area is 175 Å². The van der Waals surface area contributed by atoms with Crippen molar-refractivity contribution in [2.45, 2.75) is 19.0 Å². The Morgan fingerprint density at radius 2 is 1.83 bits per heavy atom. The molecule has 9 heteroatoms. The summed E-state index contributed by atoms with van der Waals surface area (Å²) < 4.78 is 41.1. The first-order valence-corrected chi connectivity index (χ1v) is 9.84. The molecule has 1 aliphatic rings. The van der Waals surface area contributed by atoms with Crippen molar-refractivity contribution in [1.82, 2.24) is 9.97 Å². The average molecular weight is 435 g/mol. The van der Waals surface area contributed by atoms with E-state index in [9.17, 15) is 18.0 Å². The van der Waals surface area contributed by atoms with Gasteiger partial charge in [0.15, 0.2) is 11.5 Å². The molecule has 156 valence electrons. The quantitative estimate of drug-likeness (QED) is 0.618. The van der Waals surface area contributed by atoms with Gasteiger partial charge >= 0.3 is 6.18 Å². The summed E-state index contributed by atoms with van der Waals surface area (Å²) in [6.45, 7) is 0.500. The molecule has 0 aliphatic carbocycles. The second kappa shape index (κ2) is 8.10. The Bertz CT molecular complexity index is 1090. The summed E-state index contributed by atoms with van der Waals surface area (Å²) in [6, 6.07) is 13.2. The van der Waals surface area contributed by atoms with E-state index in [-0.39, 0.29) is 23.8 Å². The molecule has 1 aliphatic heterocycles. The van der Waals surface area contributed by atoms with Crippen molar-refractivity contribution in [3.63, 3.8) is 0 Å². The number of carbonyl (C=O) groups excluding carboxylic acids is 1. The molecule has 1 N–H and O–H groups in total. The molecule has 5 nitrogen and oxygen atoms in total. The summed E-state index contributed by atoms with van der Waals surface area (Å²) in [5, 5.41) is 3.28. The van der Waals surface area contributed by atoms with Crippen LogP contribution in [0.25, 0.3) is 11.0 Å². The van der Waals surface area contributed by atoms with E-state index >= 15 is 0 Å². The first-order valence-electron chi connectivity index (χ1n) is 9.46. The van der Waals surface area contributed by atoms with E-state index < -0.39 is 17.8 Å². The molecule has 1 saturated heterocycles. The van der Waals surface area contributed by atoms with E-state index in [1.54, 1.807) is 42.5 Å². The third kappa shape index (κ3) is 4.33. The number of hydrogen-bond donors (Lipinski definition) is 1. The van der Waals surface area contributed by atoms with Gasteiger partial charge in [-0.25, -0.2) is 9.97 Å². The molecule has 3 aromatic rings. The lowest BCUT2D eigenvalue weighted by molar-refractivity contribution is -0.140. The zero-order chi connectivity index (χ0) is 21.3. The predicted octanol–water partition coefficient (Wildman–Crippen LogP) is 5.16. The van der Waals surface area contributed by atoms with Crippen molar-refractivity contribution < 1.29 is 18.0 Å². The van der Waals surface area contributed by atoms with Crippen LogP contribution < -0.4 is 10.2 Å². The maximum absolute atomic E-state index is 13.7. The zero-order valence-electron chi connectivity index (χ0n) is 15.8. The van der Waals surface area contributed by atoms with Crippen molar-refractivity contribution in [3.8, 4) is 0 Å². The van der Waals surface area contributed by atoms with Crippen LogP contribution in [0.15, 0.2) is 48.5 Å². The van der Waals surface area contributed by atoms with Gasteiger partial charge in [0.05, 0.1) is 17.0 Å². The molecule has 1 aromatic heterocycles. The molecule has 2 aromatic carbocycles. The van der Waals surface area contributed by atoms with Crippen LogP contribution in [0, 0.1) is 5.92 Å². The van der Waals surface area contributed by atoms with Crippen LogP contribution in [0.3, 0.4) is 0 Å². The number of carbonyl (C=O) groups is 1. The van der Waals surface area contributed by atoms with Gasteiger partial charge < -0.3 is 10.2 Å². The fraction of sp³-hybridized carbons (Fsp3) is 0.286. The molecule has 1 fully saturated rings. The average Bonchev–Trinajstić information content (AvgIpc) is 2.72. The lowest BCUT2D eigenvalue weighted by Crippen LogP contribution is -2.42. The molecule has 30 heavy (non-hydrogen) atoms. The van der Waals surface area contributed by atoms with Gasteiger partial charge in [-0.3, -0.25) is 4.79 Å². The number of benzene rings is 2. The molecular formula is C21H18ClF3N4O. The van der Waals surface area contributed by atoms with Crippen LogP contribution >= 0.6 is 11.6 Å². The zero-order valence-corrected chi connectivity index (χ0v) is 16.5. The Morgan fingerprint density at radius 3 is 2.53 bits per heavy atom. The number of nitrogens with zero attached hydrogens (tertiary/aromatic N) is 3. The van der Waals surface area contributed by atoms with Crippen LogP contribution in [0.2, 0.25) is 5.02 Å². The molecule has 2 heterocycles. The van der Waals surface area contributed by atoms with Crippen LogP contribution in [-0.2, 0) is 11.0 Å². The summed E-state index contributed by atoms with van der Waals surface area (Å²) in [7, 11) is 0. The van der Waals surface area contributed by atoms with Crippen LogP contribution in [-0.4, -0.2) is 29.0 Å². The number of nitrogens with one attached hydrogen (secondary N) is 1. The van der Waals surface area contributed by atoms with Crippen molar-refractivity contribution >= 4 is 40.0 Å². The van der Waals surface area contributed by atoms with Gasteiger partial charge in [-0.1, -0.05) is 29.8 Å². The highest BCUT2D eigenvalue weighted by Crippen LogP contribution is 2.36. The highest BCUT2D eigenvalue weighted by atomic mass is 35.5. The summed E-state index contributed by atoms with van der Waals surface area (Å²) in [4.78, 5) is 22.3. The predicted molar refractivity (Wildman–Crippen MR) is 110 cm³/mol. The van der Waals surface area contributed by atoms with Gasteiger partial charge in [0, 0.05) is 23.8 Å². The maximum atomic E-state index is 13.7. The normalized spacial score (nSPS) is 17.2. The van der Waals surface area contributed by atoms with E-state index in [4.69, 9.17) is 11.6 Å². The standard InChI is InChI=1S/C21H18ClF3N4O/c22-14-6-3-7-15(11-14)26-20(30)13-5-4-10-29(12-13)19-18(21(23,24)25)27-16-8-1-2-9-17(16)28-19/h1-3,6-9,11,13H,4-5,10,12H2,(H,26,30)/t13-/m0/s1. The minimum Gasteiger partial charge on any atom is -0.354 e. The lowest BCUT2D eigenvalue weighted by atomic mass is 9.96. The number of amides is 1. The SMILES string of the molecule is O=C(Nc1cccc(Cl)c1)[C@H]1CCCN(c2nc3ccccc3nc2C(F)(F)F)C1. The molecule has 4 rings (SSSR count). The minimum absolute atomic E-state index is 0.127. The topological polar surface area (TPSA) is 58.1 Å². The van der Waals surface area contributed by atoms with Gasteiger partial charge in [0.2, 0.25) is 5.91 Å². The van der Waals surface area contributed by atoms with Gasteiger partial charge in [0.1, 0.15) is 0 Å². The van der Waals surface area contributed by atoms with E-state index in [1.165, 1.54) is 11.0 Å². The number of rotatable bonds is 3. The monoisotopic (exact) mass is 434 g/mol. The molecule has 0 spiro atoms. The summed E-state index contributed by atoms with van der Waals surface area (Å²) in [5.74, 6) is -0.974. The Kier molecular flexibility index (Phi) is 5.51. The molecule has 0 unspecified atom stereocenters. The molecule has 1 amide bonds. The van der Waals surface area contributed by atoms with E-state index in [0.717, 1.165) is 0 Å². The number of hydrogen-bond acceptors (Lipinski definition) is 4. The second-order valence-electron chi connectivity index (χ2n) is 7.17.